The van der Waals surface area contributed by atoms with Gasteiger partial charge in [-0.3, -0.25) is 9.69 Å². The van der Waals surface area contributed by atoms with Crippen molar-refractivity contribution < 1.29 is 9.21 Å². The number of nitrogens with zero attached hydrogens (tertiary/aromatic N) is 3. The second-order valence-electron chi connectivity index (χ2n) is 7.87. The molecule has 0 atom stereocenters. The van der Waals surface area contributed by atoms with Crippen molar-refractivity contribution in [3.63, 3.8) is 0 Å². The summed E-state index contributed by atoms with van der Waals surface area (Å²) in [7, 11) is 0. The fourth-order valence-electron chi connectivity index (χ4n) is 3.12. The average molecular weight is 440 g/mol. The van der Waals surface area contributed by atoms with E-state index in [-0.39, 0.29) is 11.3 Å². The molecular formula is C19H26BrN3O2S. The maximum absolute atomic E-state index is 12.8. The summed E-state index contributed by atoms with van der Waals surface area (Å²) >= 11 is 5.22. The summed E-state index contributed by atoms with van der Waals surface area (Å²) in [5.41, 5.74) is 1.89. The van der Waals surface area contributed by atoms with Crippen LogP contribution < -0.4 is 0 Å². The number of hydrogen-bond acceptors (Lipinski definition) is 5. The van der Waals surface area contributed by atoms with E-state index < -0.39 is 0 Å². The lowest BCUT2D eigenvalue weighted by Gasteiger charge is -2.34. The van der Waals surface area contributed by atoms with Crippen LogP contribution in [0.15, 0.2) is 14.3 Å². The minimum absolute atomic E-state index is 0.0505. The highest BCUT2D eigenvalue weighted by Crippen LogP contribution is 2.29. The lowest BCUT2D eigenvalue weighted by atomic mass is 9.98. The Hall–Kier alpha value is -1.18. The molecule has 1 aliphatic heterocycles. The number of aromatic nitrogens is 1. The van der Waals surface area contributed by atoms with Gasteiger partial charge in [-0.05, 0) is 29.8 Å². The molecule has 2 aromatic rings. The van der Waals surface area contributed by atoms with Crippen molar-refractivity contribution in [2.45, 2.75) is 46.6 Å². The molecule has 0 aromatic carbocycles. The first-order valence-corrected chi connectivity index (χ1v) is 10.6. The summed E-state index contributed by atoms with van der Waals surface area (Å²) in [6, 6.07) is 0. The highest BCUT2D eigenvalue weighted by atomic mass is 79.9. The second-order valence-corrected chi connectivity index (χ2v) is 9.52. The number of hydrogen-bond donors (Lipinski definition) is 0. The monoisotopic (exact) mass is 439 g/mol. The number of amides is 1. The van der Waals surface area contributed by atoms with Crippen molar-refractivity contribution in [1.29, 1.82) is 0 Å². The molecule has 3 heterocycles. The Morgan fingerprint density at radius 2 is 1.88 bits per heavy atom. The Morgan fingerprint density at radius 1 is 1.23 bits per heavy atom. The van der Waals surface area contributed by atoms with E-state index in [9.17, 15) is 4.79 Å². The first-order chi connectivity index (χ1) is 12.2. The summed E-state index contributed by atoms with van der Waals surface area (Å²) in [6.07, 6.45) is 0. The lowest BCUT2D eigenvalue weighted by Crippen LogP contribution is -2.48. The van der Waals surface area contributed by atoms with Crippen LogP contribution >= 0.6 is 27.3 Å². The third-order valence-corrected chi connectivity index (χ3v) is 6.91. The highest BCUT2D eigenvalue weighted by molar-refractivity contribution is 9.10. The largest absolute Gasteiger partial charge is 0.465 e. The molecule has 5 nitrogen and oxygen atoms in total. The van der Waals surface area contributed by atoms with Gasteiger partial charge in [0, 0.05) is 43.5 Å². The number of aryl methyl sites for hydroxylation is 2. The minimum atomic E-state index is 0.0505. The van der Waals surface area contributed by atoms with E-state index in [0.717, 1.165) is 48.7 Å². The zero-order valence-electron chi connectivity index (χ0n) is 16.1. The molecule has 2 aromatic heterocycles. The Labute approximate surface area is 167 Å². The van der Waals surface area contributed by atoms with E-state index in [2.05, 4.69) is 47.0 Å². The number of carbonyl (C=O) groups excluding carboxylic acids is 1. The van der Waals surface area contributed by atoms with E-state index in [0.29, 0.717) is 11.3 Å². The molecule has 1 aliphatic rings. The van der Waals surface area contributed by atoms with Crippen LogP contribution in [0.25, 0.3) is 0 Å². The van der Waals surface area contributed by atoms with Gasteiger partial charge in [-0.2, -0.15) is 0 Å². The van der Waals surface area contributed by atoms with Crippen LogP contribution in [0.2, 0.25) is 0 Å². The number of halogens is 1. The summed E-state index contributed by atoms with van der Waals surface area (Å²) in [6.45, 7) is 14.3. The fourth-order valence-corrected chi connectivity index (χ4v) is 4.55. The standard InChI is InChI=1S/C19H26BrN3O2S/c1-12-15(16(20)13(2)25-12)17(24)23-8-6-22(7-9-23)10-14-11-26-18(21-14)19(3,4)5/h11H,6-10H2,1-5H3. The molecule has 0 bridgehead atoms. The molecule has 0 saturated carbocycles. The molecule has 142 valence electrons. The topological polar surface area (TPSA) is 49.6 Å². The van der Waals surface area contributed by atoms with Crippen LogP contribution in [-0.2, 0) is 12.0 Å². The Bertz CT molecular complexity index is 798. The predicted octanol–water partition coefficient (Wildman–Crippen LogP) is 4.37. The Morgan fingerprint density at radius 3 is 2.38 bits per heavy atom. The second kappa shape index (κ2) is 7.44. The summed E-state index contributed by atoms with van der Waals surface area (Å²) in [5, 5.41) is 3.34. The van der Waals surface area contributed by atoms with Gasteiger partial charge < -0.3 is 9.32 Å². The molecule has 1 saturated heterocycles. The zero-order valence-corrected chi connectivity index (χ0v) is 18.5. The number of piperazine rings is 1. The molecule has 1 fully saturated rings. The predicted molar refractivity (Wildman–Crippen MR) is 108 cm³/mol. The van der Waals surface area contributed by atoms with Gasteiger partial charge in [0.2, 0.25) is 0 Å². The summed E-state index contributed by atoms with van der Waals surface area (Å²) in [5.74, 6) is 1.48. The van der Waals surface area contributed by atoms with E-state index in [1.165, 1.54) is 5.01 Å². The molecule has 1 amide bonds. The zero-order chi connectivity index (χ0) is 19.1. The fraction of sp³-hybridized carbons (Fsp3) is 0.579. The SMILES string of the molecule is Cc1oc(C)c(C(=O)N2CCN(Cc3csc(C(C)(C)C)n3)CC2)c1Br. The molecule has 7 heteroatoms. The third-order valence-electron chi connectivity index (χ3n) is 4.64. The Balaban J connectivity index is 1.59. The van der Waals surface area contributed by atoms with Gasteiger partial charge in [0.05, 0.1) is 20.7 Å². The van der Waals surface area contributed by atoms with Gasteiger partial charge in [0.1, 0.15) is 11.5 Å². The van der Waals surface area contributed by atoms with Crippen LogP contribution in [0, 0.1) is 13.8 Å². The van der Waals surface area contributed by atoms with E-state index in [1.807, 2.05) is 18.7 Å². The van der Waals surface area contributed by atoms with Gasteiger partial charge in [-0.1, -0.05) is 20.8 Å². The van der Waals surface area contributed by atoms with Gasteiger partial charge in [0.25, 0.3) is 5.91 Å². The van der Waals surface area contributed by atoms with Crippen LogP contribution in [0.3, 0.4) is 0 Å². The molecular weight excluding hydrogens is 414 g/mol. The van der Waals surface area contributed by atoms with Crippen LogP contribution in [-0.4, -0.2) is 46.9 Å². The average Bonchev–Trinajstić information content (AvgIpc) is 3.13. The molecule has 0 N–H and O–H groups in total. The normalized spacial score (nSPS) is 16.3. The van der Waals surface area contributed by atoms with Gasteiger partial charge in [0.15, 0.2) is 0 Å². The number of thiazole rings is 1. The van der Waals surface area contributed by atoms with Crippen molar-refractivity contribution in [3.05, 3.63) is 37.6 Å². The molecule has 0 radical (unpaired) electrons. The number of carbonyl (C=O) groups is 1. The van der Waals surface area contributed by atoms with Crippen molar-refractivity contribution in [3.8, 4) is 0 Å². The van der Waals surface area contributed by atoms with Gasteiger partial charge in [-0.25, -0.2) is 4.98 Å². The first kappa shape index (κ1) is 19.6. The van der Waals surface area contributed by atoms with Gasteiger partial charge >= 0.3 is 0 Å². The van der Waals surface area contributed by atoms with Crippen LogP contribution in [0.5, 0.6) is 0 Å². The summed E-state index contributed by atoms with van der Waals surface area (Å²) in [4.78, 5) is 21.9. The van der Waals surface area contributed by atoms with Crippen LogP contribution in [0.1, 0.15) is 53.4 Å². The van der Waals surface area contributed by atoms with Crippen molar-refractivity contribution in [1.82, 2.24) is 14.8 Å². The number of rotatable bonds is 3. The molecule has 3 rings (SSSR count). The summed E-state index contributed by atoms with van der Waals surface area (Å²) < 4.78 is 6.35. The first-order valence-electron chi connectivity index (χ1n) is 8.89. The van der Waals surface area contributed by atoms with E-state index in [4.69, 9.17) is 9.40 Å². The quantitative estimate of drug-likeness (QED) is 0.711. The third kappa shape index (κ3) is 4.05. The minimum Gasteiger partial charge on any atom is -0.465 e. The van der Waals surface area contributed by atoms with Crippen LogP contribution in [0.4, 0.5) is 0 Å². The molecule has 0 aliphatic carbocycles. The van der Waals surface area contributed by atoms with Crippen molar-refractivity contribution in [2.75, 3.05) is 26.2 Å². The maximum Gasteiger partial charge on any atom is 0.258 e. The molecule has 0 spiro atoms. The smallest absolute Gasteiger partial charge is 0.258 e. The van der Waals surface area contributed by atoms with E-state index >= 15 is 0 Å². The van der Waals surface area contributed by atoms with Crippen molar-refractivity contribution >= 4 is 33.2 Å². The van der Waals surface area contributed by atoms with Crippen molar-refractivity contribution in [2.24, 2.45) is 0 Å². The van der Waals surface area contributed by atoms with Gasteiger partial charge in [-0.15, -0.1) is 11.3 Å². The van der Waals surface area contributed by atoms with E-state index in [1.54, 1.807) is 11.3 Å². The number of furan rings is 1. The highest BCUT2D eigenvalue weighted by Gasteiger charge is 2.28. The Kier molecular flexibility index (Phi) is 5.61. The maximum atomic E-state index is 12.8. The lowest BCUT2D eigenvalue weighted by molar-refractivity contribution is 0.0624. The molecule has 26 heavy (non-hydrogen) atoms. The molecule has 0 unspecified atom stereocenters.